The van der Waals surface area contributed by atoms with Crippen LogP contribution in [0.4, 0.5) is 4.79 Å². The monoisotopic (exact) mass is 337 g/mol. The molecule has 8 heteroatoms. The molecule has 8 nitrogen and oxygen atoms in total. The molecule has 0 aliphatic carbocycles. The minimum Gasteiger partial charge on any atom is -0.565 e. The lowest BCUT2D eigenvalue weighted by molar-refractivity contribution is -1.16. The lowest BCUT2D eigenvalue weighted by Gasteiger charge is -2.48. The lowest BCUT2D eigenvalue weighted by atomic mass is 9.80. The zero-order valence-corrected chi connectivity index (χ0v) is 14.9. The first kappa shape index (κ1) is 22.1. The van der Waals surface area contributed by atoms with E-state index in [1.54, 1.807) is 14.2 Å². The van der Waals surface area contributed by atoms with Gasteiger partial charge in [0.05, 0.1) is 26.4 Å². The van der Waals surface area contributed by atoms with Crippen molar-refractivity contribution in [3.63, 3.8) is 0 Å². The SMILES string of the molecule is COCC(O)COC1CC(C)(C)[NH+](OC)C(C)(C)C1.O=C([O-])O. The number of aliphatic hydroxyl groups excluding tert-OH is 1. The number of rotatable bonds is 6. The van der Waals surface area contributed by atoms with Crippen molar-refractivity contribution in [2.75, 3.05) is 27.4 Å². The topological polar surface area (TPSA) is 113 Å². The van der Waals surface area contributed by atoms with Crippen LogP contribution >= 0.6 is 0 Å². The minimum atomic E-state index is -2.08. The van der Waals surface area contributed by atoms with E-state index in [0.29, 0.717) is 13.2 Å². The maximum absolute atomic E-state index is 9.66. The molecule has 1 fully saturated rings. The number of piperidine rings is 1. The molecule has 0 bridgehead atoms. The van der Waals surface area contributed by atoms with Crippen molar-refractivity contribution in [2.45, 2.75) is 63.8 Å². The number of hydrogen-bond donors (Lipinski definition) is 3. The van der Waals surface area contributed by atoms with Crippen molar-refractivity contribution >= 4 is 6.16 Å². The van der Waals surface area contributed by atoms with Gasteiger partial charge in [-0.25, -0.2) is 4.84 Å². The molecule has 0 spiro atoms. The van der Waals surface area contributed by atoms with E-state index in [-0.39, 0.29) is 17.2 Å². The molecule has 0 amide bonds. The fraction of sp³-hybridized carbons (Fsp3) is 0.933. The Hall–Kier alpha value is -0.930. The van der Waals surface area contributed by atoms with Crippen LogP contribution in [0.3, 0.4) is 0 Å². The first-order chi connectivity index (χ1) is 10.5. The van der Waals surface area contributed by atoms with E-state index in [1.165, 1.54) is 0 Å². The van der Waals surface area contributed by atoms with Crippen LogP contribution < -0.4 is 10.2 Å². The number of carbonyl (C=O) groups is 1. The van der Waals surface area contributed by atoms with Crippen molar-refractivity contribution < 1.29 is 39.5 Å². The highest BCUT2D eigenvalue weighted by Crippen LogP contribution is 2.26. The Morgan fingerprint density at radius 2 is 1.65 bits per heavy atom. The summed E-state index contributed by atoms with van der Waals surface area (Å²) in [6.07, 6.45) is -0.655. The summed E-state index contributed by atoms with van der Waals surface area (Å²) in [6, 6.07) is 0. The average Bonchev–Trinajstić information content (AvgIpc) is 2.33. The molecule has 1 saturated heterocycles. The van der Waals surface area contributed by atoms with Crippen molar-refractivity contribution in [2.24, 2.45) is 0 Å². The largest absolute Gasteiger partial charge is 0.565 e. The molecule has 23 heavy (non-hydrogen) atoms. The number of aliphatic hydroxyl groups is 1. The van der Waals surface area contributed by atoms with Gasteiger partial charge in [0, 0.05) is 20.0 Å². The van der Waals surface area contributed by atoms with Gasteiger partial charge in [0.1, 0.15) is 17.2 Å². The van der Waals surface area contributed by atoms with Crippen LogP contribution in [0.1, 0.15) is 40.5 Å². The van der Waals surface area contributed by atoms with Crippen molar-refractivity contribution in [3.05, 3.63) is 0 Å². The van der Waals surface area contributed by atoms with Crippen LogP contribution in [0.25, 0.3) is 0 Å². The number of hydrogen-bond acceptors (Lipinski definition) is 6. The molecule has 1 atom stereocenters. The van der Waals surface area contributed by atoms with Crippen LogP contribution in [0.5, 0.6) is 0 Å². The summed E-state index contributed by atoms with van der Waals surface area (Å²) in [4.78, 5) is 14.1. The number of ether oxygens (including phenoxy) is 2. The molecule has 0 aromatic rings. The maximum Gasteiger partial charge on any atom is 0.249 e. The Morgan fingerprint density at radius 1 is 1.22 bits per heavy atom. The third-order valence-corrected chi connectivity index (χ3v) is 3.79. The van der Waals surface area contributed by atoms with E-state index in [1.807, 2.05) is 0 Å². The molecular formula is C15H31NO7. The smallest absolute Gasteiger partial charge is 0.249 e. The molecule has 3 N–H and O–H groups in total. The highest BCUT2D eigenvalue weighted by molar-refractivity contribution is 5.50. The van der Waals surface area contributed by atoms with Crippen molar-refractivity contribution in [3.8, 4) is 0 Å². The molecule has 1 rings (SSSR count). The second-order valence-corrected chi connectivity index (χ2v) is 7.04. The molecule has 1 unspecified atom stereocenters. The zero-order valence-electron chi connectivity index (χ0n) is 14.9. The molecular weight excluding hydrogens is 306 g/mol. The summed E-state index contributed by atoms with van der Waals surface area (Å²) < 4.78 is 10.8. The van der Waals surface area contributed by atoms with Gasteiger partial charge in [-0.15, -0.1) is 0 Å². The van der Waals surface area contributed by atoms with Gasteiger partial charge in [-0.2, -0.15) is 5.06 Å². The minimum absolute atomic E-state index is 0.00657. The van der Waals surface area contributed by atoms with Gasteiger partial charge < -0.3 is 29.6 Å². The van der Waals surface area contributed by atoms with Crippen LogP contribution in [0.2, 0.25) is 0 Å². The van der Waals surface area contributed by atoms with Crippen LogP contribution in [0.15, 0.2) is 0 Å². The molecule has 0 radical (unpaired) electrons. The zero-order chi connectivity index (χ0) is 18.3. The predicted molar refractivity (Wildman–Crippen MR) is 81.0 cm³/mol. The summed E-state index contributed by atoms with van der Waals surface area (Å²) >= 11 is 0. The van der Waals surface area contributed by atoms with Crippen LogP contribution in [0, 0.1) is 0 Å². The molecule has 0 aromatic heterocycles. The predicted octanol–water partition coefficient (Wildman–Crippen LogP) is -0.936. The fourth-order valence-electron chi connectivity index (χ4n) is 3.47. The van der Waals surface area contributed by atoms with Crippen LogP contribution in [-0.4, -0.2) is 67.1 Å². The Morgan fingerprint density at radius 3 is 2.00 bits per heavy atom. The van der Waals surface area contributed by atoms with E-state index >= 15 is 0 Å². The number of methoxy groups -OCH3 is 1. The summed E-state index contributed by atoms with van der Waals surface area (Å²) in [5.74, 6) is 0. The average molecular weight is 337 g/mol. The van der Waals surface area contributed by atoms with Gasteiger partial charge in [-0.3, -0.25) is 0 Å². The quantitative estimate of drug-likeness (QED) is 0.573. The summed E-state index contributed by atoms with van der Waals surface area (Å²) in [6.45, 7) is 9.40. The normalized spacial score (nSPS) is 26.7. The molecule has 1 aliphatic rings. The second-order valence-electron chi connectivity index (χ2n) is 7.04. The molecule has 138 valence electrons. The second kappa shape index (κ2) is 9.39. The van der Waals surface area contributed by atoms with E-state index < -0.39 is 12.3 Å². The number of hydroxylamine groups is 2. The van der Waals surface area contributed by atoms with E-state index in [0.717, 1.165) is 17.9 Å². The van der Waals surface area contributed by atoms with E-state index in [4.69, 9.17) is 29.3 Å². The first-order valence-electron chi connectivity index (χ1n) is 7.56. The van der Waals surface area contributed by atoms with Gasteiger partial charge in [-0.05, 0) is 27.7 Å². The molecule has 1 aliphatic heterocycles. The third-order valence-electron chi connectivity index (χ3n) is 3.79. The Kier molecular flexibility index (Phi) is 9.01. The van der Waals surface area contributed by atoms with Gasteiger partial charge in [0.2, 0.25) is 6.16 Å². The fourth-order valence-corrected chi connectivity index (χ4v) is 3.47. The summed E-state index contributed by atoms with van der Waals surface area (Å²) in [5, 5.41) is 26.1. The number of nitrogens with one attached hydrogen (secondary N) is 1. The Bertz CT molecular complexity index is 338. The van der Waals surface area contributed by atoms with Gasteiger partial charge in [0.15, 0.2) is 0 Å². The van der Waals surface area contributed by atoms with Crippen molar-refractivity contribution in [1.82, 2.24) is 0 Å². The molecule has 0 saturated carbocycles. The summed E-state index contributed by atoms with van der Waals surface area (Å²) in [5.41, 5.74) is -0.0131. The standard InChI is InChI=1S/C14H29NO4.CH2O3/c1-13(2)7-12(19-10-11(16)9-17-5)8-14(3,4)15(13)18-6;2-1(3)4/h11-12,16H,7-10H2,1-6H3;(H2,2,3,4). The maximum atomic E-state index is 9.66. The highest BCUT2D eigenvalue weighted by Gasteiger charge is 2.51. The third kappa shape index (κ3) is 7.94. The first-order valence-corrected chi connectivity index (χ1v) is 7.56. The lowest BCUT2D eigenvalue weighted by Crippen LogP contribution is -3.26. The summed E-state index contributed by atoms with van der Waals surface area (Å²) in [7, 11) is 3.33. The number of carboxylic acid groups (broad SMARTS) is 2. The Balaban J connectivity index is 0.00000108. The van der Waals surface area contributed by atoms with E-state index in [2.05, 4.69) is 27.7 Å². The van der Waals surface area contributed by atoms with Crippen molar-refractivity contribution in [1.29, 1.82) is 0 Å². The Labute approximate surface area is 137 Å². The number of quaternary nitrogens is 1. The van der Waals surface area contributed by atoms with E-state index in [9.17, 15) is 5.11 Å². The molecule has 0 aromatic carbocycles. The highest BCUT2D eigenvalue weighted by atomic mass is 16.7. The van der Waals surface area contributed by atoms with Gasteiger partial charge in [0.25, 0.3) is 0 Å². The van der Waals surface area contributed by atoms with Gasteiger partial charge in [-0.1, -0.05) is 0 Å². The van der Waals surface area contributed by atoms with Gasteiger partial charge >= 0.3 is 0 Å². The van der Waals surface area contributed by atoms with Crippen LogP contribution in [-0.2, 0) is 14.3 Å². The molecule has 1 heterocycles.